The molecule has 2 heterocycles. The van der Waals surface area contributed by atoms with E-state index in [9.17, 15) is 0 Å². The number of allylic oxidation sites excluding steroid dienone is 1. The molecular weight excluding hydrogens is 160 g/mol. The highest BCUT2D eigenvalue weighted by molar-refractivity contribution is 5.78. The first kappa shape index (κ1) is 8.30. The lowest BCUT2D eigenvalue weighted by atomic mass is 9.99. The van der Waals surface area contributed by atoms with Crippen LogP contribution in [-0.4, -0.2) is 18.6 Å². The molecule has 0 N–H and O–H groups in total. The minimum absolute atomic E-state index is 0.996. The molecule has 0 aliphatic carbocycles. The molecule has 13 heavy (non-hydrogen) atoms. The third-order valence-corrected chi connectivity index (χ3v) is 2.67. The third kappa shape index (κ3) is 1.22. The Bertz CT molecular complexity index is 366. The van der Waals surface area contributed by atoms with E-state index in [2.05, 4.69) is 36.8 Å². The minimum Gasteiger partial charge on any atom is -0.355 e. The van der Waals surface area contributed by atoms with Crippen LogP contribution >= 0.6 is 0 Å². The number of rotatable bonds is 0. The summed E-state index contributed by atoms with van der Waals surface area (Å²) in [5, 5.41) is 0. The van der Waals surface area contributed by atoms with Crippen LogP contribution < -0.4 is 4.90 Å². The molecule has 2 nitrogen and oxygen atoms in total. The number of pyridine rings is 1. The van der Waals surface area contributed by atoms with Crippen molar-refractivity contribution in [1.82, 2.24) is 4.98 Å². The number of hydrogen-bond donors (Lipinski definition) is 0. The Kier molecular flexibility index (Phi) is 1.83. The molecule has 2 heteroatoms. The number of fused-ring (bicyclic) bond motifs is 1. The number of aromatic nitrogens is 1. The van der Waals surface area contributed by atoms with Crippen LogP contribution in [0.4, 0.5) is 5.82 Å². The van der Waals surface area contributed by atoms with Crippen LogP contribution in [0.5, 0.6) is 0 Å². The maximum atomic E-state index is 4.38. The van der Waals surface area contributed by atoms with E-state index < -0.39 is 0 Å². The van der Waals surface area contributed by atoms with Crippen molar-refractivity contribution in [1.29, 1.82) is 0 Å². The van der Waals surface area contributed by atoms with Crippen LogP contribution in [0.1, 0.15) is 19.4 Å². The van der Waals surface area contributed by atoms with Crippen LogP contribution in [-0.2, 0) is 0 Å². The topological polar surface area (TPSA) is 16.1 Å². The molecule has 0 amide bonds. The first-order valence-electron chi connectivity index (χ1n) is 4.53. The standard InChI is InChI=1S/C11H14N2/c1-8-7-13(3)11-10(9(8)2)5-4-6-12-11/h4-6H,7H2,1-3H3. The van der Waals surface area contributed by atoms with Gasteiger partial charge in [0.1, 0.15) is 5.82 Å². The summed E-state index contributed by atoms with van der Waals surface area (Å²) < 4.78 is 0. The average Bonchev–Trinajstić information content (AvgIpc) is 2.15. The Balaban J connectivity index is 2.62. The first-order valence-corrected chi connectivity index (χ1v) is 4.53. The molecule has 0 atom stereocenters. The van der Waals surface area contributed by atoms with Crippen molar-refractivity contribution >= 4 is 11.4 Å². The Labute approximate surface area is 78.9 Å². The lowest BCUT2D eigenvalue weighted by Gasteiger charge is -2.27. The van der Waals surface area contributed by atoms with E-state index in [1.165, 1.54) is 16.7 Å². The van der Waals surface area contributed by atoms with Crippen molar-refractivity contribution in [3.05, 3.63) is 29.5 Å². The van der Waals surface area contributed by atoms with Crippen molar-refractivity contribution in [2.24, 2.45) is 0 Å². The maximum Gasteiger partial charge on any atom is 0.136 e. The summed E-state index contributed by atoms with van der Waals surface area (Å²) in [4.78, 5) is 6.57. The van der Waals surface area contributed by atoms with Gasteiger partial charge in [0.2, 0.25) is 0 Å². The molecule has 1 aromatic rings. The largest absolute Gasteiger partial charge is 0.355 e. The third-order valence-electron chi connectivity index (χ3n) is 2.67. The van der Waals surface area contributed by atoms with E-state index in [0.717, 1.165) is 12.4 Å². The van der Waals surface area contributed by atoms with Crippen LogP contribution in [0, 0.1) is 0 Å². The van der Waals surface area contributed by atoms with Crippen molar-refractivity contribution in [2.75, 3.05) is 18.5 Å². The van der Waals surface area contributed by atoms with Gasteiger partial charge in [-0.25, -0.2) is 4.98 Å². The van der Waals surface area contributed by atoms with E-state index in [1.807, 2.05) is 12.3 Å². The molecule has 0 saturated carbocycles. The zero-order valence-electron chi connectivity index (χ0n) is 8.33. The summed E-state index contributed by atoms with van der Waals surface area (Å²) in [5.74, 6) is 1.10. The summed E-state index contributed by atoms with van der Waals surface area (Å²) >= 11 is 0. The molecule has 2 rings (SSSR count). The lowest BCUT2D eigenvalue weighted by Crippen LogP contribution is -2.25. The molecule has 0 saturated heterocycles. The maximum absolute atomic E-state index is 4.38. The van der Waals surface area contributed by atoms with Crippen molar-refractivity contribution < 1.29 is 0 Å². The van der Waals surface area contributed by atoms with E-state index in [-0.39, 0.29) is 0 Å². The van der Waals surface area contributed by atoms with Gasteiger partial charge in [-0.15, -0.1) is 0 Å². The zero-order chi connectivity index (χ0) is 9.42. The average molecular weight is 174 g/mol. The number of nitrogens with zero attached hydrogens (tertiary/aromatic N) is 2. The highest BCUT2D eigenvalue weighted by Crippen LogP contribution is 2.30. The van der Waals surface area contributed by atoms with Crippen LogP contribution in [0.25, 0.3) is 5.57 Å². The molecule has 1 aromatic heterocycles. The molecule has 0 spiro atoms. The van der Waals surface area contributed by atoms with Crippen LogP contribution in [0.15, 0.2) is 23.9 Å². The van der Waals surface area contributed by atoms with Crippen molar-refractivity contribution in [3.63, 3.8) is 0 Å². The van der Waals surface area contributed by atoms with Gasteiger partial charge < -0.3 is 4.90 Å². The van der Waals surface area contributed by atoms with Crippen molar-refractivity contribution in [2.45, 2.75) is 13.8 Å². The molecule has 0 unspecified atom stereocenters. The van der Waals surface area contributed by atoms with Crippen molar-refractivity contribution in [3.8, 4) is 0 Å². The quantitative estimate of drug-likeness (QED) is 0.600. The van der Waals surface area contributed by atoms with Gasteiger partial charge in [0.25, 0.3) is 0 Å². The zero-order valence-corrected chi connectivity index (χ0v) is 8.33. The second-order valence-electron chi connectivity index (χ2n) is 3.64. The number of likely N-dealkylation sites (N-methyl/N-ethyl adjacent to an activating group) is 1. The number of anilines is 1. The summed E-state index contributed by atoms with van der Waals surface area (Å²) in [6.07, 6.45) is 1.85. The van der Waals surface area contributed by atoms with Gasteiger partial charge in [0.05, 0.1) is 0 Å². The number of hydrogen-bond acceptors (Lipinski definition) is 2. The van der Waals surface area contributed by atoms with Gasteiger partial charge >= 0.3 is 0 Å². The monoisotopic (exact) mass is 174 g/mol. The fraction of sp³-hybridized carbons (Fsp3) is 0.364. The Hall–Kier alpha value is -1.31. The molecule has 68 valence electrons. The van der Waals surface area contributed by atoms with Gasteiger partial charge in [-0.05, 0) is 31.6 Å². The first-order chi connectivity index (χ1) is 6.20. The second kappa shape index (κ2) is 2.87. The van der Waals surface area contributed by atoms with Gasteiger partial charge in [-0.3, -0.25) is 0 Å². The molecule has 1 aliphatic heterocycles. The van der Waals surface area contributed by atoms with Gasteiger partial charge in [-0.1, -0.05) is 5.57 Å². The lowest BCUT2D eigenvalue weighted by molar-refractivity contribution is 0.929. The summed E-state index contributed by atoms with van der Waals surface area (Å²) in [7, 11) is 2.09. The molecule has 0 bridgehead atoms. The van der Waals surface area contributed by atoms with Crippen LogP contribution in [0.3, 0.4) is 0 Å². The smallest absolute Gasteiger partial charge is 0.136 e. The van der Waals surface area contributed by atoms with E-state index in [0.29, 0.717) is 0 Å². The summed E-state index contributed by atoms with van der Waals surface area (Å²) in [5.41, 5.74) is 4.08. The molecule has 0 aromatic carbocycles. The fourth-order valence-corrected chi connectivity index (χ4v) is 1.77. The Morgan fingerprint density at radius 3 is 2.92 bits per heavy atom. The molecular formula is C11H14N2. The highest BCUT2D eigenvalue weighted by Gasteiger charge is 2.17. The summed E-state index contributed by atoms with van der Waals surface area (Å²) in [6, 6.07) is 4.13. The minimum atomic E-state index is 0.996. The van der Waals surface area contributed by atoms with E-state index in [4.69, 9.17) is 0 Å². The van der Waals surface area contributed by atoms with Crippen LogP contribution in [0.2, 0.25) is 0 Å². The highest BCUT2D eigenvalue weighted by atomic mass is 15.2. The normalized spacial score (nSPS) is 16.1. The molecule has 0 fully saturated rings. The van der Waals surface area contributed by atoms with Gasteiger partial charge in [0, 0.05) is 25.4 Å². The Morgan fingerprint density at radius 2 is 2.15 bits per heavy atom. The van der Waals surface area contributed by atoms with E-state index in [1.54, 1.807) is 0 Å². The Morgan fingerprint density at radius 1 is 1.38 bits per heavy atom. The fourth-order valence-electron chi connectivity index (χ4n) is 1.77. The molecule has 0 radical (unpaired) electrons. The van der Waals surface area contributed by atoms with Gasteiger partial charge in [-0.2, -0.15) is 0 Å². The predicted molar refractivity (Wildman–Crippen MR) is 55.8 cm³/mol. The molecule has 1 aliphatic rings. The predicted octanol–water partition coefficient (Wildman–Crippen LogP) is 2.32. The van der Waals surface area contributed by atoms with E-state index >= 15 is 0 Å². The summed E-state index contributed by atoms with van der Waals surface area (Å²) in [6.45, 7) is 5.35. The van der Waals surface area contributed by atoms with Gasteiger partial charge in [0.15, 0.2) is 0 Å². The second-order valence-corrected chi connectivity index (χ2v) is 3.64. The SMILES string of the molecule is CC1=C(C)c2cccnc2N(C)C1.